The second-order valence-electron chi connectivity index (χ2n) is 4.76. The van der Waals surface area contributed by atoms with Gasteiger partial charge in [0.1, 0.15) is 5.52 Å². The van der Waals surface area contributed by atoms with Gasteiger partial charge in [0.2, 0.25) is 11.8 Å². The molecule has 1 aliphatic rings. The van der Waals surface area contributed by atoms with Crippen LogP contribution in [0.5, 0.6) is 5.88 Å². The van der Waals surface area contributed by atoms with Gasteiger partial charge in [-0.25, -0.2) is 4.98 Å². The van der Waals surface area contributed by atoms with Gasteiger partial charge >= 0.3 is 0 Å². The molecule has 6 heteroatoms. The molecule has 6 nitrogen and oxygen atoms in total. The predicted molar refractivity (Wildman–Crippen MR) is 75.7 cm³/mol. The molecule has 0 radical (unpaired) electrons. The first kappa shape index (κ1) is 12.8. The minimum Gasteiger partial charge on any atom is -0.481 e. The maximum absolute atomic E-state index is 12.2. The number of amides is 1. The van der Waals surface area contributed by atoms with Crippen molar-refractivity contribution in [3.05, 3.63) is 24.4 Å². The highest BCUT2D eigenvalue weighted by molar-refractivity contribution is 6.00. The van der Waals surface area contributed by atoms with E-state index in [1.165, 1.54) is 0 Å². The molecule has 0 spiro atoms. The monoisotopic (exact) mass is 272 g/mol. The highest BCUT2D eigenvalue weighted by atomic mass is 16.5. The fourth-order valence-electron chi connectivity index (χ4n) is 2.34. The molecule has 1 atom stereocenters. The largest absolute Gasteiger partial charge is 0.481 e. The number of pyridine rings is 2. The number of nitrogens with zero attached hydrogens (tertiary/aromatic N) is 2. The van der Waals surface area contributed by atoms with Crippen LogP contribution >= 0.6 is 0 Å². The van der Waals surface area contributed by atoms with Crippen molar-refractivity contribution >= 4 is 22.6 Å². The third-order valence-electron chi connectivity index (χ3n) is 3.46. The SMILES string of the molecule is COc1ccc2nccc(NC(=O)C3CCNC3)c2n1. The van der Waals surface area contributed by atoms with E-state index >= 15 is 0 Å². The molecule has 3 rings (SSSR count). The Morgan fingerprint density at radius 1 is 1.45 bits per heavy atom. The van der Waals surface area contributed by atoms with Crippen LogP contribution < -0.4 is 15.4 Å². The van der Waals surface area contributed by atoms with Gasteiger partial charge in [0.25, 0.3) is 0 Å². The van der Waals surface area contributed by atoms with Crippen molar-refractivity contribution in [2.45, 2.75) is 6.42 Å². The maximum atomic E-state index is 12.2. The molecule has 1 fully saturated rings. The molecule has 20 heavy (non-hydrogen) atoms. The van der Waals surface area contributed by atoms with Crippen LogP contribution in [0.2, 0.25) is 0 Å². The van der Waals surface area contributed by atoms with Gasteiger partial charge in [-0.15, -0.1) is 0 Å². The Bertz CT molecular complexity index is 638. The summed E-state index contributed by atoms with van der Waals surface area (Å²) in [4.78, 5) is 20.8. The summed E-state index contributed by atoms with van der Waals surface area (Å²) in [6.07, 6.45) is 2.53. The number of aromatic nitrogens is 2. The fourth-order valence-corrected chi connectivity index (χ4v) is 2.34. The van der Waals surface area contributed by atoms with Gasteiger partial charge in [0, 0.05) is 18.8 Å². The minimum atomic E-state index is 0.0174. The molecule has 2 aromatic rings. The number of nitrogens with one attached hydrogen (secondary N) is 2. The lowest BCUT2D eigenvalue weighted by Crippen LogP contribution is -2.24. The van der Waals surface area contributed by atoms with E-state index in [0.29, 0.717) is 17.1 Å². The summed E-state index contributed by atoms with van der Waals surface area (Å²) in [6.45, 7) is 1.62. The quantitative estimate of drug-likeness (QED) is 0.877. The van der Waals surface area contributed by atoms with Crippen molar-refractivity contribution in [1.29, 1.82) is 0 Å². The first-order valence-electron chi connectivity index (χ1n) is 6.59. The number of rotatable bonds is 3. The number of methoxy groups -OCH3 is 1. The van der Waals surface area contributed by atoms with E-state index < -0.39 is 0 Å². The Morgan fingerprint density at radius 3 is 3.10 bits per heavy atom. The molecular formula is C14H16N4O2. The number of hydrogen-bond acceptors (Lipinski definition) is 5. The van der Waals surface area contributed by atoms with E-state index in [1.807, 2.05) is 6.07 Å². The Morgan fingerprint density at radius 2 is 2.35 bits per heavy atom. The summed E-state index contributed by atoms with van der Waals surface area (Å²) < 4.78 is 5.12. The molecule has 104 valence electrons. The molecule has 3 heterocycles. The number of fused-ring (bicyclic) bond motifs is 1. The second-order valence-corrected chi connectivity index (χ2v) is 4.76. The van der Waals surface area contributed by atoms with Gasteiger partial charge < -0.3 is 15.4 Å². The van der Waals surface area contributed by atoms with Crippen molar-refractivity contribution in [2.24, 2.45) is 5.92 Å². The van der Waals surface area contributed by atoms with Crippen LogP contribution in [-0.2, 0) is 4.79 Å². The zero-order chi connectivity index (χ0) is 13.9. The first-order chi connectivity index (χ1) is 9.78. The molecule has 0 bridgehead atoms. The van der Waals surface area contributed by atoms with E-state index in [9.17, 15) is 4.79 Å². The lowest BCUT2D eigenvalue weighted by molar-refractivity contribution is -0.119. The van der Waals surface area contributed by atoms with Crippen LogP contribution in [0, 0.1) is 5.92 Å². The van der Waals surface area contributed by atoms with Crippen LogP contribution in [-0.4, -0.2) is 36.1 Å². The molecule has 0 aliphatic carbocycles. The van der Waals surface area contributed by atoms with Gasteiger partial charge in [-0.1, -0.05) is 0 Å². The van der Waals surface area contributed by atoms with Crippen LogP contribution in [0.1, 0.15) is 6.42 Å². The second kappa shape index (κ2) is 5.42. The van der Waals surface area contributed by atoms with Gasteiger partial charge in [0.15, 0.2) is 0 Å². The van der Waals surface area contributed by atoms with Gasteiger partial charge in [-0.05, 0) is 25.1 Å². The van der Waals surface area contributed by atoms with Gasteiger partial charge in [0.05, 0.1) is 24.2 Å². The number of anilines is 1. The number of carbonyl (C=O) groups excluding carboxylic acids is 1. The van der Waals surface area contributed by atoms with E-state index in [1.54, 1.807) is 25.4 Å². The zero-order valence-electron chi connectivity index (χ0n) is 11.2. The summed E-state index contributed by atoms with van der Waals surface area (Å²) in [5.41, 5.74) is 2.05. The molecule has 0 saturated carbocycles. The topological polar surface area (TPSA) is 76.1 Å². The average molecular weight is 272 g/mol. The highest BCUT2D eigenvalue weighted by Crippen LogP contribution is 2.23. The van der Waals surface area contributed by atoms with Gasteiger partial charge in [-0.2, -0.15) is 0 Å². The van der Waals surface area contributed by atoms with E-state index in [0.717, 1.165) is 25.0 Å². The molecule has 1 amide bonds. The average Bonchev–Trinajstić information content (AvgIpc) is 3.01. The Hall–Kier alpha value is -2.21. The molecule has 2 aromatic heterocycles. The maximum Gasteiger partial charge on any atom is 0.228 e. The molecule has 0 aromatic carbocycles. The fraction of sp³-hybridized carbons (Fsp3) is 0.357. The van der Waals surface area contributed by atoms with Crippen molar-refractivity contribution in [3.8, 4) is 5.88 Å². The third-order valence-corrected chi connectivity index (χ3v) is 3.46. The van der Waals surface area contributed by atoms with Crippen LogP contribution in [0.25, 0.3) is 11.0 Å². The van der Waals surface area contributed by atoms with Crippen molar-refractivity contribution in [1.82, 2.24) is 15.3 Å². The van der Waals surface area contributed by atoms with Crippen LogP contribution in [0.3, 0.4) is 0 Å². The minimum absolute atomic E-state index is 0.0174. The highest BCUT2D eigenvalue weighted by Gasteiger charge is 2.23. The number of carbonyl (C=O) groups is 1. The molecule has 1 unspecified atom stereocenters. The molecule has 1 aliphatic heterocycles. The van der Waals surface area contributed by atoms with Crippen LogP contribution in [0.4, 0.5) is 5.69 Å². The molecule has 2 N–H and O–H groups in total. The summed E-state index contributed by atoms with van der Waals surface area (Å²) in [5.74, 6) is 0.541. The Kier molecular flexibility index (Phi) is 3.47. The predicted octanol–water partition coefficient (Wildman–Crippen LogP) is 1.19. The smallest absolute Gasteiger partial charge is 0.228 e. The first-order valence-corrected chi connectivity index (χ1v) is 6.59. The van der Waals surface area contributed by atoms with E-state index in [2.05, 4.69) is 20.6 Å². The standard InChI is InChI=1S/C14H16N4O2/c1-20-12-3-2-10-13(18-12)11(5-7-16-10)17-14(19)9-4-6-15-8-9/h2-3,5,7,9,15H,4,6,8H2,1H3,(H,16,17,19). The summed E-state index contributed by atoms with van der Waals surface area (Å²) >= 11 is 0. The third kappa shape index (κ3) is 2.42. The van der Waals surface area contributed by atoms with Crippen molar-refractivity contribution in [3.63, 3.8) is 0 Å². The number of ether oxygens (including phenoxy) is 1. The normalized spacial score (nSPS) is 18.1. The summed E-state index contributed by atoms with van der Waals surface area (Å²) in [7, 11) is 1.56. The number of hydrogen-bond donors (Lipinski definition) is 2. The Balaban J connectivity index is 1.91. The lowest BCUT2D eigenvalue weighted by Gasteiger charge is -2.11. The molecule has 1 saturated heterocycles. The lowest BCUT2D eigenvalue weighted by atomic mass is 10.1. The van der Waals surface area contributed by atoms with Crippen molar-refractivity contribution < 1.29 is 9.53 Å². The molecular weight excluding hydrogens is 256 g/mol. The summed E-state index contributed by atoms with van der Waals surface area (Å²) in [6, 6.07) is 5.34. The van der Waals surface area contributed by atoms with E-state index in [-0.39, 0.29) is 11.8 Å². The zero-order valence-corrected chi connectivity index (χ0v) is 11.2. The van der Waals surface area contributed by atoms with Crippen molar-refractivity contribution in [2.75, 3.05) is 25.5 Å². The Labute approximate surface area is 116 Å². The van der Waals surface area contributed by atoms with E-state index in [4.69, 9.17) is 4.74 Å². The summed E-state index contributed by atoms with van der Waals surface area (Å²) in [5, 5.41) is 6.13. The van der Waals surface area contributed by atoms with Gasteiger partial charge in [-0.3, -0.25) is 9.78 Å². The van der Waals surface area contributed by atoms with Crippen LogP contribution in [0.15, 0.2) is 24.4 Å².